The van der Waals surface area contributed by atoms with Gasteiger partial charge >= 0.3 is 11.9 Å². The summed E-state index contributed by atoms with van der Waals surface area (Å²) in [5, 5.41) is 3.12. The van der Waals surface area contributed by atoms with Gasteiger partial charge in [0, 0.05) is 12.1 Å². The molecule has 5 rings (SSSR count). The Hall–Kier alpha value is -2.67. The van der Waals surface area contributed by atoms with Crippen molar-refractivity contribution in [3.05, 3.63) is 45.7 Å². The van der Waals surface area contributed by atoms with Crippen molar-refractivity contribution < 1.29 is 23.9 Å². The molecule has 1 aromatic rings. The summed E-state index contributed by atoms with van der Waals surface area (Å²) in [7, 11) is 1.94. The fourth-order valence-electron chi connectivity index (χ4n) is 5.45. The van der Waals surface area contributed by atoms with Crippen LogP contribution in [-0.4, -0.2) is 49.5 Å². The first-order valence-corrected chi connectivity index (χ1v) is 12.0. The Morgan fingerprint density at radius 2 is 1.70 bits per heavy atom. The maximum Gasteiger partial charge on any atom is 0.338 e. The first-order chi connectivity index (χ1) is 15.9. The van der Waals surface area contributed by atoms with Gasteiger partial charge in [0.05, 0.1) is 22.2 Å². The number of carbonyl (C=O) groups excluding carboxylic acids is 3. The number of likely N-dealkylation sites (tertiary alicyclic amines) is 1. The lowest BCUT2D eigenvalue weighted by Crippen LogP contribution is -2.36. The molecule has 1 saturated heterocycles. The number of benzene rings is 1. The largest absolute Gasteiger partial charge is 0.457 e. The van der Waals surface area contributed by atoms with E-state index >= 15 is 0 Å². The van der Waals surface area contributed by atoms with Crippen molar-refractivity contribution in [2.45, 2.75) is 65.4 Å². The summed E-state index contributed by atoms with van der Waals surface area (Å²) in [4.78, 5) is 37.2. The van der Waals surface area contributed by atoms with Gasteiger partial charge in [0.2, 0.25) is 5.91 Å². The predicted molar refractivity (Wildman–Crippen MR) is 123 cm³/mol. The summed E-state index contributed by atoms with van der Waals surface area (Å²) < 4.78 is 10.0. The molecule has 33 heavy (non-hydrogen) atoms. The summed E-state index contributed by atoms with van der Waals surface area (Å²) in [6.07, 6.45) is 7.53. The van der Waals surface area contributed by atoms with Gasteiger partial charge < -0.3 is 19.7 Å². The molecule has 0 bridgehead atoms. The molecule has 178 valence electrons. The molecule has 0 atom stereocenters. The molecule has 1 aliphatic carbocycles. The van der Waals surface area contributed by atoms with E-state index in [0.717, 1.165) is 68.4 Å². The van der Waals surface area contributed by atoms with Crippen molar-refractivity contribution in [2.75, 3.05) is 26.7 Å². The van der Waals surface area contributed by atoms with E-state index in [4.69, 9.17) is 9.47 Å². The molecule has 1 amide bonds. The molecule has 7 nitrogen and oxygen atoms in total. The molecular weight excluding hydrogens is 420 g/mol. The first kappa shape index (κ1) is 23.5. The molecule has 0 unspecified atom stereocenters. The summed E-state index contributed by atoms with van der Waals surface area (Å²) in [6, 6.07) is 3.90. The van der Waals surface area contributed by atoms with Crippen molar-refractivity contribution in [1.82, 2.24) is 10.2 Å². The second-order valence-electron chi connectivity index (χ2n) is 9.50. The highest BCUT2D eigenvalue weighted by molar-refractivity contribution is 5.94. The zero-order valence-corrected chi connectivity index (χ0v) is 19.9. The minimum Gasteiger partial charge on any atom is -0.457 e. The molecule has 1 N–H and O–H groups in total. The van der Waals surface area contributed by atoms with Crippen LogP contribution in [0.4, 0.5) is 0 Å². The van der Waals surface area contributed by atoms with Gasteiger partial charge in [0.15, 0.2) is 0 Å². The maximum atomic E-state index is 12.6. The number of ether oxygens (including phenoxy) is 2. The van der Waals surface area contributed by atoms with E-state index in [2.05, 4.69) is 12.2 Å². The number of carbonyl (C=O) groups is 3. The molecule has 7 heteroatoms. The second-order valence-corrected chi connectivity index (χ2v) is 9.50. The van der Waals surface area contributed by atoms with Gasteiger partial charge in [0.1, 0.15) is 13.2 Å². The van der Waals surface area contributed by atoms with Gasteiger partial charge in [-0.3, -0.25) is 4.79 Å². The topological polar surface area (TPSA) is 84.9 Å². The number of rotatable bonds is 4. The van der Waals surface area contributed by atoms with Gasteiger partial charge in [-0.05, 0) is 70.3 Å². The fourth-order valence-corrected chi connectivity index (χ4v) is 5.45. The van der Waals surface area contributed by atoms with Crippen LogP contribution in [0.2, 0.25) is 0 Å². The molecule has 1 saturated carbocycles. The molecule has 1 aromatic carbocycles. The average Bonchev–Trinajstić information content (AvgIpc) is 3.46. The number of likely N-dealkylation sites (N-methyl/N-ethyl adjacent to an activating group) is 1. The van der Waals surface area contributed by atoms with Crippen molar-refractivity contribution in [2.24, 2.45) is 5.41 Å². The van der Waals surface area contributed by atoms with Crippen molar-refractivity contribution >= 4 is 17.8 Å². The van der Waals surface area contributed by atoms with Crippen LogP contribution in [0.15, 0.2) is 23.4 Å². The quantitative estimate of drug-likeness (QED) is 0.702. The van der Waals surface area contributed by atoms with Crippen LogP contribution in [0, 0.1) is 12.3 Å². The Balaban J connectivity index is 0.000000160. The van der Waals surface area contributed by atoms with Gasteiger partial charge in [-0.2, -0.15) is 0 Å². The molecule has 2 fully saturated rings. The highest BCUT2D eigenvalue weighted by Crippen LogP contribution is 2.46. The van der Waals surface area contributed by atoms with E-state index in [1.807, 2.05) is 24.1 Å². The first-order valence-electron chi connectivity index (χ1n) is 12.0. The van der Waals surface area contributed by atoms with Gasteiger partial charge in [0.25, 0.3) is 0 Å². The highest BCUT2D eigenvalue weighted by atomic mass is 16.5. The highest BCUT2D eigenvalue weighted by Gasteiger charge is 2.48. The number of fused-ring (bicyclic) bond motifs is 1. The Morgan fingerprint density at radius 3 is 2.36 bits per heavy atom. The third-order valence-electron chi connectivity index (χ3n) is 7.65. The molecule has 3 aliphatic heterocycles. The van der Waals surface area contributed by atoms with E-state index in [9.17, 15) is 14.4 Å². The Morgan fingerprint density at radius 1 is 0.970 bits per heavy atom. The second kappa shape index (κ2) is 9.67. The summed E-state index contributed by atoms with van der Waals surface area (Å²) >= 11 is 0. The zero-order valence-electron chi connectivity index (χ0n) is 19.9. The number of cyclic esters (lactones) is 2. The van der Waals surface area contributed by atoms with Crippen LogP contribution in [0.25, 0.3) is 0 Å². The Labute approximate surface area is 195 Å². The molecule has 3 heterocycles. The molecule has 4 aliphatic rings. The lowest BCUT2D eigenvalue weighted by atomic mass is 9.73. The lowest BCUT2D eigenvalue weighted by Gasteiger charge is -2.31. The normalized spacial score (nSPS) is 21.2. The Bertz CT molecular complexity index is 991. The van der Waals surface area contributed by atoms with Crippen molar-refractivity contribution in [3.63, 3.8) is 0 Å². The predicted octanol–water partition coefficient (Wildman–Crippen LogP) is 3.43. The molecular formula is C26H34N2O5. The van der Waals surface area contributed by atoms with Crippen LogP contribution in [0.1, 0.15) is 72.5 Å². The van der Waals surface area contributed by atoms with Crippen LogP contribution < -0.4 is 5.32 Å². The van der Waals surface area contributed by atoms with E-state index < -0.39 is 0 Å². The van der Waals surface area contributed by atoms with Gasteiger partial charge in [-0.15, -0.1) is 0 Å². The Kier molecular flexibility index (Phi) is 6.88. The van der Waals surface area contributed by atoms with Crippen LogP contribution in [-0.2, 0) is 32.1 Å². The minimum absolute atomic E-state index is 0.128. The van der Waals surface area contributed by atoms with E-state index in [1.54, 1.807) is 6.92 Å². The van der Waals surface area contributed by atoms with Crippen LogP contribution in [0.5, 0.6) is 0 Å². The number of amides is 1. The van der Waals surface area contributed by atoms with E-state index in [-0.39, 0.29) is 29.9 Å². The number of nitrogens with one attached hydrogen (secondary N) is 1. The molecule has 0 radical (unpaired) electrons. The summed E-state index contributed by atoms with van der Waals surface area (Å²) in [6.45, 7) is 6.23. The smallest absolute Gasteiger partial charge is 0.338 e. The number of nitrogens with zero attached hydrogens (tertiary/aromatic N) is 1. The third-order valence-corrected chi connectivity index (χ3v) is 7.65. The summed E-state index contributed by atoms with van der Waals surface area (Å²) in [5.41, 5.74) is 5.57. The van der Waals surface area contributed by atoms with E-state index in [1.165, 1.54) is 17.5 Å². The van der Waals surface area contributed by atoms with Crippen LogP contribution in [0.3, 0.4) is 0 Å². The van der Waals surface area contributed by atoms with Crippen LogP contribution >= 0.6 is 0 Å². The molecule has 0 aromatic heterocycles. The average molecular weight is 455 g/mol. The molecule has 1 spiro atoms. The van der Waals surface area contributed by atoms with Gasteiger partial charge in [-0.25, -0.2) is 9.59 Å². The number of hydrogen-bond acceptors (Lipinski definition) is 6. The SMILES string of the molecule is CC1=C(N2CCC3(CCCCC3)C2=O)COC1=O.CNCCc1ccc2c(c1C)COC2=O. The zero-order chi connectivity index (χ0) is 23.6. The number of hydrogen-bond donors (Lipinski definition) is 1. The fraction of sp³-hybridized carbons (Fsp3) is 0.577. The summed E-state index contributed by atoms with van der Waals surface area (Å²) in [5.74, 6) is -0.231. The third kappa shape index (κ3) is 4.43. The lowest BCUT2D eigenvalue weighted by molar-refractivity contribution is -0.138. The van der Waals surface area contributed by atoms with Crippen molar-refractivity contribution in [3.8, 4) is 0 Å². The maximum absolute atomic E-state index is 12.6. The minimum atomic E-state index is -0.276. The van der Waals surface area contributed by atoms with E-state index in [0.29, 0.717) is 12.2 Å². The van der Waals surface area contributed by atoms with Crippen molar-refractivity contribution in [1.29, 1.82) is 0 Å². The van der Waals surface area contributed by atoms with Gasteiger partial charge in [-0.1, -0.05) is 25.3 Å². The standard InChI is InChI=1S/C14H19NO3.C12H15NO2/c1-10-11(9-18-12(10)16)15-8-7-14(13(15)17)5-3-2-4-6-14;1-8-9(5-6-13-2)3-4-10-11(8)7-15-12(10)14/h2-9H2,1H3;3-4,13H,5-7H2,1-2H3. The number of esters is 2. The monoisotopic (exact) mass is 454 g/mol.